The van der Waals surface area contributed by atoms with Crippen molar-refractivity contribution in [3.8, 4) is 5.75 Å². The van der Waals surface area contributed by atoms with Crippen LogP contribution in [0.2, 0.25) is 0 Å². The van der Waals surface area contributed by atoms with E-state index in [0.29, 0.717) is 63.6 Å². The van der Waals surface area contributed by atoms with Crippen molar-refractivity contribution in [3.05, 3.63) is 41.5 Å². The van der Waals surface area contributed by atoms with Gasteiger partial charge in [0.1, 0.15) is 36.5 Å². The molecule has 2 aliphatic heterocycles. The molecule has 1 saturated heterocycles. The van der Waals surface area contributed by atoms with Crippen LogP contribution in [-0.2, 0) is 51.3 Å². The van der Waals surface area contributed by atoms with Crippen LogP contribution in [0, 0.1) is 11.3 Å². The summed E-state index contributed by atoms with van der Waals surface area (Å²) in [4.78, 5) is 73.3. The molecule has 1 aromatic carbocycles. The fraction of sp³-hybridized carbons (Fsp3) is 0.611. The summed E-state index contributed by atoms with van der Waals surface area (Å²) in [7, 11) is 0. The molecule has 15 nitrogen and oxygen atoms in total. The minimum absolute atomic E-state index is 0.0299. The van der Waals surface area contributed by atoms with Crippen LogP contribution >= 0.6 is 0 Å². The fourth-order valence-electron chi connectivity index (χ4n) is 5.48. The zero-order valence-electron chi connectivity index (χ0n) is 29.5. The lowest BCUT2D eigenvalue weighted by atomic mass is 9.97. The molecule has 2 aliphatic rings. The van der Waals surface area contributed by atoms with E-state index in [4.69, 9.17) is 14.2 Å². The minimum atomic E-state index is -1.86. The summed E-state index contributed by atoms with van der Waals surface area (Å²) in [5.41, 5.74) is 0.672. The standard InChI is InChI=1S/C36H50N2O13/c1-21(18-24(39)11-6-5-9-17-38-26(40)14-15-27(38)41)32(45)37-16-8-7-10-22-19-25(13-12-23(22)20-49-35(48)36(2,3)4)50-34-30(44)28(42)29(43)31(51-34)33(46)47/h12-15,19,21,28-31,34,42-44H,5-11,16-18,20H2,1-4H3,(H,37,45)(H,46,47)/t21-,28+,29+,30-,31+,34-/m1/s1. The number of imide groups is 1. The van der Waals surface area contributed by atoms with Gasteiger partial charge in [-0.05, 0) is 76.1 Å². The molecule has 6 atom stereocenters. The average molecular weight is 719 g/mol. The number of aryl methyl sites for hydroxylation is 1. The lowest BCUT2D eigenvalue weighted by Crippen LogP contribution is -2.61. The van der Waals surface area contributed by atoms with Crippen molar-refractivity contribution >= 4 is 35.4 Å². The quantitative estimate of drug-likeness (QED) is 0.0779. The number of benzene rings is 1. The van der Waals surface area contributed by atoms with Gasteiger partial charge in [-0.15, -0.1) is 0 Å². The van der Waals surface area contributed by atoms with Crippen molar-refractivity contribution < 1.29 is 63.4 Å². The molecule has 0 spiro atoms. The summed E-state index contributed by atoms with van der Waals surface area (Å²) in [5.74, 6) is -3.21. The number of hydrogen-bond donors (Lipinski definition) is 5. The smallest absolute Gasteiger partial charge is 0.335 e. The monoisotopic (exact) mass is 718 g/mol. The van der Waals surface area contributed by atoms with Crippen LogP contribution in [0.15, 0.2) is 30.4 Å². The van der Waals surface area contributed by atoms with Gasteiger partial charge in [0, 0.05) is 44.0 Å². The molecule has 5 N–H and O–H groups in total. The number of ketones is 1. The number of nitrogens with one attached hydrogen (secondary N) is 1. The normalized spacial score (nSPS) is 22.5. The lowest BCUT2D eigenvalue weighted by Gasteiger charge is -2.38. The number of esters is 1. The number of unbranched alkanes of at least 4 members (excludes halogenated alkanes) is 3. The first-order chi connectivity index (χ1) is 24.0. The second-order valence-electron chi connectivity index (χ2n) is 14.0. The van der Waals surface area contributed by atoms with E-state index in [1.165, 1.54) is 23.1 Å². The molecule has 3 rings (SSSR count). The van der Waals surface area contributed by atoms with E-state index in [1.807, 2.05) is 0 Å². The summed E-state index contributed by atoms with van der Waals surface area (Å²) in [6, 6.07) is 4.80. The number of hydrogen-bond acceptors (Lipinski definition) is 12. The van der Waals surface area contributed by atoms with E-state index < -0.39 is 54.0 Å². The van der Waals surface area contributed by atoms with Crippen molar-refractivity contribution in [2.24, 2.45) is 11.3 Å². The summed E-state index contributed by atoms with van der Waals surface area (Å²) in [6.45, 7) is 7.51. The maximum absolute atomic E-state index is 12.6. The number of aliphatic carboxylic acids is 1. The van der Waals surface area contributed by atoms with Gasteiger partial charge < -0.3 is 40.0 Å². The SMILES string of the molecule is C[C@H](CC(=O)CCCCCN1C(=O)C=CC1=O)C(=O)NCCCCc1cc(O[C@@H]2O[C@H](C(=O)O)[C@@H](O)[C@H](O)[C@H]2O)ccc1COC(=O)C(C)(C)C. The molecule has 282 valence electrons. The minimum Gasteiger partial charge on any atom is -0.479 e. The second kappa shape index (κ2) is 18.9. The first-order valence-electron chi connectivity index (χ1n) is 17.2. The van der Waals surface area contributed by atoms with E-state index in [9.17, 15) is 49.2 Å². The summed E-state index contributed by atoms with van der Waals surface area (Å²) in [6.07, 6.45) is -2.45. The van der Waals surface area contributed by atoms with Gasteiger partial charge in [0.15, 0.2) is 6.10 Å². The Hall–Kier alpha value is -4.18. The highest BCUT2D eigenvalue weighted by molar-refractivity contribution is 6.12. The van der Waals surface area contributed by atoms with Crippen LogP contribution in [0.25, 0.3) is 0 Å². The highest BCUT2D eigenvalue weighted by Crippen LogP contribution is 2.28. The number of carbonyl (C=O) groups is 6. The number of carboxylic acids is 1. The number of carboxylic acid groups (broad SMARTS) is 1. The predicted octanol–water partition coefficient (Wildman–Crippen LogP) is 1.57. The Kier molecular flexibility index (Phi) is 15.3. The largest absolute Gasteiger partial charge is 0.479 e. The van der Waals surface area contributed by atoms with Gasteiger partial charge in [-0.3, -0.25) is 28.9 Å². The van der Waals surface area contributed by atoms with Crippen LogP contribution < -0.4 is 10.1 Å². The van der Waals surface area contributed by atoms with Gasteiger partial charge in [0.25, 0.3) is 11.8 Å². The molecule has 0 radical (unpaired) electrons. The van der Waals surface area contributed by atoms with E-state index >= 15 is 0 Å². The zero-order valence-corrected chi connectivity index (χ0v) is 29.5. The number of aliphatic hydroxyl groups excluding tert-OH is 3. The van der Waals surface area contributed by atoms with Crippen LogP contribution in [0.3, 0.4) is 0 Å². The molecule has 0 aliphatic carbocycles. The number of Topliss-reactive ketones (excluding diaryl/α,β-unsaturated/α-hetero) is 1. The highest BCUT2D eigenvalue weighted by atomic mass is 16.7. The highest BCUT2D eigenvalue weighted by Gasteiger charge is 2.48. The third-order valence-electron chi connectivity index (χ3n) is 8.61. The van der Waals surface area contributed by atoms with Crippen LogP contribution in [0.1, 0.15) is 83.8 Å². The number of aliphatic hydroxyl groups is 3. The van der Waals surface area contributed by atoms with Crippen molar-refractivity contribution in [2.45, 2.75) is 116 Å². The molecular formula is C36H50N2O13. The average Bonchev–Trinajstić information content (AvgIpc) is 3.39. The van der Waals surface area contributed by atoms with Crippen molar-refractivity contribution in [1.29, 1.82) is 0 Å². The molecule has 1 aromatic rings. The molecule has 0 bridgehead atoms. The third-order valence-corrected chi connectivity index (χ3v) is 8.61. The van der Waals surface area contributed by atoms with E-state index in [-0.39, 0.29) is 42.3 Å². The Balaban J connectivity index is 1.48. The van der Waals surface area contributed by atoms with Gasteiger partial charge in [-0.1, -0.05) is 19.4 Å². The number of carbonyl (C=O) groups excluding carboxylic acids is 5. The van der Waals surface area contributed by atoms with Gasteiger partial charge in [-0.2, -0.15) is 0 Å². The molecule has 0 unspecified atom stereocenters. The lowest BCUT2D eigenvalue weighted by molar-refractivity contribution is -0.271. The first-order valence-corrected chi connectivity index (χ1v) is 17.2. The molecule has 15 heteroatoms. The Bertz CT molecular complexity index is 1430. The van der Waals surface area contributed by atoms with Gasteiger partial charge in [0.05, 0.1) is 5.41 Å². The van der Waals surface area contributed by atoms with Crippen molar-refractivity contribution in [1.82, 2.24) is 10.2 Å². The Morgan fingerprint density at radius 1 is 0.922 bits per heavy atom. The fourth-order valence-corrected chi connectivity index (χ4v) is 5.48. The molecule has 2 heterocycles. The maximum atomic E-state index is 12.6. The van der Waals surface area contributed by atoms with Crippen molar-refractivity contribution in [3.63, 3.8) is 0 Å². The molecule has 51 heavy (non-hydrogen) atoms. The van der Waals surface area contributed by atoms with Crippen LogP contribution in [0.4, 0.5) is 0 Å². The topological polar surface area (TPSA) is 226 Å². The number of ether oxygens (including phenoxy) is 3. The van der Waals surface area contributed by atoms with E-state index in [2.05, 4.69) is 5.32 Å². The number of rotatable bonds is 19. The summed E-state index contributed by atoms with van der Waals surface area (Å²) >= 11 is 0. The summed E-state index contributed by atoms with van der Waals surface area (Å²) < 4.78 is 16.4. The zero-order chi connectivity index (χ0) is 37.9. The third kappa shape index (κ3) is 12.2. The Morgan fingerprint density at radius 2 is 1.61 bits per heavy atom. The van der Waals surface area contributed by atoms with E-state index in [1.54, 1.807) is 39.8 Å². The first kappa shape index (κ1) is 41.2. The van der Waals surface area contributed by atoms with Gasteiger partial charge >= 0.3 is 11.9 Å². The number of amides is 3. The predicted molar refractivity (Wildman–Crippen MR) is 180 cm³/mol. The molecule has 3 amide bonds. The second-order valence-corrected chi connectivity index (χ2v) is 14.0. The molecule has 0 aromatic heterocycles. The molecule has 1 fully saturated rings. The number of nitrogens with zero attached hydrogens (tertiary/aromatic N) is 1. The molecule has 0 saturated carbocycles. The molecular weight excluding hydrogens is 668 g/mol. The van der Waals surface area contributed by atoms with E-state index in [0.717, 1.165) is 5.56 Å². The summed E-state index contributed by atoms with van der Waals surface area (Å²) in [5, 5.41) is 42.7. The van der Waals surface area contributed by atoms with Crippen LogP contribution in [0.5, 0.6) is 5.75 Å². The Morgan fingerprint density at radius 3 is 2.25 bits per heavy atom. The van der Waals surface area contributed by atoms with Gasteiger partial charge in [-0.25, -0.2) is 4.79 Å². The van der Waals surface area contributed by atoms with Crippen LogP contribution in [-0.4, -0.2) is 105 Å². The van der Waals surface area contributed by atoms with Gasteiger partial charge in [0.2, 0.25) is 12.2 Å². The Labute approximate surface area is 296 Å². The van der Waals surface area contributed by atoms with Crippen molar-refractivity contribution in [2.75, 3.05) is 13.1 Å². The maximum Gasteiger partial charge on any atom is 0.335 e.